The number of amides is 1. The van der Waals surface area contributed by atoms with Crippen molar-refractivity contribution in [3.05, 3.63) is 32.6 Å². The zero-order valence-electron chi connectivity index (χ0n) is 9.23. The number of rotatable bonds is 5. The summed E-state index contributed by atoms with van der Waals surface area (Å²) in [7, 11) is -3.57. The van der Waals surface area contributed by atoms with Gasteiger partial charge in [-0.1, -0.05) is 0 Å². The van der Waals surface area contributed by atoms with E-state index >= 15 is 0 Å². The molecule has 9 nitrogen and oxygen atoms in total. The lowest BCUT2D eigenvalue weighted by atomic mass is 10.3. The van der Waals surface area contributed by atoms with E-state index in [1.807, 2.05) is 4.98 Å². The molecule has 18 heavy (non-hydrogen) atoms. The molecule has 0 aliphatic rings. The average Bonchev–Trinajstić information content (AvgIpc) is 2.22. The third-order valence-electron chi connectivity index (χ3n) is 1.96. The van der Waals surface area contributed by atoms with E-state index < -0.39 is 27.2 Å². The monoisotopic (exact) mass is 276 g/mol. The standard InChI is InChI=1S/C8H12N4O5S/c9-18(16,17)3-1-2-10-6(13)5-4-11-8(15)12-7(5)14/h4H,1-3H2,(H,10,13)(H2,9,16,17)(H2,11,12,14,15). The van der Waals surface area contributed by atoms with Crippen molar-refractivity contribution in [1.29, 1.82) is 0 Å². The summed E-state index contributed by atoms with van der Waals surface area (Å²) in [5, 5.41) is 7.10. The molecule has 0 aliphatic heterocycles. The number of hydrogen-bond acceptors (Lipinski definition) is 5. The fourth-order valence-electron chi connectivity index (χ4n) is 1.15. The lowest BCUT2D eigenvalue weighted by Gasteiger charge is -2.03. The summed E-state index contributed by atoms with van der Waals surface area (Å²) in [6, 6.07) is 0. The van der Waals surface area contributed by atoms with Crippen LogP contribution in [0.1, 0.15) is 16.8 Å². The van der Waals surface area contributed by atoms with Crippen molar-refractivity contribution in [1.82, 2.24) is 15.3 Å². The lowest BCUT2D eigenvalue weighted by Crippen LogP contribution is -2.34. The first-order chi connectivity index (χ1) is 8.29. The quantitative estimate of drug-likeness (QED) is 0.436. The van der Waals surface area contributed by atoms with Gasteiger partial charge in [0.2, 0.25) is 10.0 Å². The van der Waals surface area contributed by atoms with Crippen molar-refractivity contribution in [2.24, 2.45) is 5.14 Å². The zero-order valence-corrected chi connectivity index (χ0v) is 10.0. The molecule has 0 aromatic carbocycles. The number of sulfonamides is 1. The second-order valence-electron chi connectivity index (χ2n) is 3.46. The number of H-pyrrole nitrogens is 2. The molecule has 1 aromatic rings. The summed E-state index contributed by atoms with van der Waals surface area (Å²) in [5.41, 5.74) is -1.79. The third-order valence-corrected chi connectivity index (χ3v) is 2.81. The summed E-state index contributed by atoms with van der Waals surface area (Å²) in [4.78, 5) is 37.4. The van der Waals surface area contributed by atoms with Crippen LogP contribution in [0.2, 0.25) is 0 Å². The predicted octanol–water partition coefficient (Wildman–Crippen LogP) is -2.53. The molecule has 1 aromatic heterocycles. The van der Waals surface area contributed by atoms with Gasteiger partial charge in [0.15, 0.2) is 0 Å². The molecule has 0 fully saturated rings. The molecule has 0 bridgehead atoms. The molecular weight excluding hydrogens is 264 g/mol. The summed E-state index contributed by atoms with van der Waals surface area (Å²) in [6.07, 6.45) is 1.11. The van der Waals surface area contributed by atoms with E-state index in [2.05, 4.69) is 10.3 Å². The molecule has 0 atom stereocenters. The first-order valence-corrected chi connectivity index (χ1v) is 6.62. The van der Waals surface area contributed by atoms with Crippen molar-refractivity contribution in [3.8, 4) is 0 Å². The first kappa shape index (κ1) is 14.1. The third kappa shape index (κ3) is 4.51. The molecule has 100 valence electrons. The highest BCUT2D eigenvalue weighted by atomic mass is 32.2. The number of primary sulfonamides is 1. The first-order valence-electron chi connectivity index (χ1n) is 4.90. The number of nitrogens with one attached hydrogen (secondary N) is 3. The molecule has 1 rings (SSSR count). The largest absolute Gasteiger partial charge is 0.352 e. The maximum absolute atomic E-state index is 11.5. The maximum atomic E-state index is 11.5. The minimum atomic E-state index is -3.57. The molecule has 1 heterocycles. The smallest absolute Gasteiger partial charge is 0.325 e. The van der Waals surface area contributed by atoms with Crippen LogP contribution in [0.5, 0.6) is 0 Å². The fourth-order valence-corrected chi connectivity index (χ4v) is 1.70. The van der Waals surface area contributed by atoms with E-state index in [-0.39, 0.29) is 24.3 Å². The van der Waals surface area contributed by atoms with Crippen molar-refractivity contribution < 1.29 is 13.2 Å². The second-order valence-corrected chi connectivity index (χ2v) is 5.20. The van der Waals surface area contributed by atoms with Gasteiger partial charge in [-0.15, -0.1) is 0 Å². The topological polar surface area (TPSA) is 155 Å². The van der Waals surface area contributed by atoms with E-state index in [1.54, 1.807) is 0 Å². The molecule has 0 saturated heterocycles. The summed E-state index contributed by atoms with van der Waals surface area (Å²) >= 11 is 0. The molecule has 1 amide bonds. The van der Waals surface area contributed by atoms with Gasteiger partial charge in [0, 0.05) is 12.7 Å². The Hall–Kier alpha value is -1.94. The van der Waals surface area contributed by atoms with E-state index in [9.17, 15) is 22.8 Å². The van der Waals surface area contributed by atoms with Gasteiger partial charge < -0.3 is 10.3 Å². The summed E-state index contributed by atoms with van der Waals surface area (Å²) < 4.78 is 21.2. The SMILES string of the molecule is NS(=O)(=O)CCCNC(=O)c1c[nH]c(=O)[nH]c1=O. The van der Waals surface area contributed by atoms with Crippen LogP contribution in [0.15, 0.2) is 15.8 Å². The highest BCUT2D eigenvalue weighted by molar-refractivity contribution is 7.89. The fraction of sp³-hybridized carbons (Fsp3) is 0.375. The van der Waals surface area contributed by atoms with Crippen LogP contribution in [0.25, 0.3) is 0 Å². The van der Waals surface area contributed by atoms with Crippen LogP contribution in [-0.2, 0) is 10.0 Å². The number of aromatic nitrogens is 2. The van der Waals surface area contributed by atoms with E-state index in [4.69, 9.17) is 5.14 Å². The number of nitrogens with two attached hydrogens (primary N) is 1. The molecule has 0 aliphatic carbocycles. The van der Waals surface area contributed by atoms with E-state index in [0.717, 1.165) is 6.20 Å². The number of carbonyl (C=O) groups is 1. The van der Waals surface area contributed by atoms with Gasteiger partial charge in [-0.3, -0.25) is 14.6 Å². The Kier molecular flexibility index (Phi) is 4.39. The van der Waals surface area contributed by atoms with Crippen LogP contribution in [0.4, 0.5) is 0 Å². The Morgan fingerprint density at radius 2 is 2.06 bits per heavy atom. The van der Waals surface area contributed by atoms with Crippen LogP contribution in [-0.4, -0.2) is 36.6 Å². The van der Waals surface area contributed by atoms with Crippen LogP contribution < -0.4 is 21.7 Å². The number of aromatic amines is 2. The number of carbonyl (C=O) groups excluding carboxylic acids is 1. The Morgan fingerprint density at radius 1 is 1.39 bits per heavy atom. The Bertz CT molecular complexity index is 644. The van der Waals surface area contributed by atoms with Crippen molar-refractivity contribution >= 4 is 15.9 Å². The minimum absolute atomic E-state index is 0.0494. The highest BCUT2D eigenvalue weighted by Gasteiger charge is 2.10. The molecule has 0 radical (unpaired) electrons. The number of hydrogen-bond donors (Lipinski definition) is 4. The van der Waals surface area contributed by atoms with Crippen molar-refractivity contribution in [3.63, 3.8) is 0 Å². The van der Waals surface area contributed by atoms with Crippen molar-refractivity contribution in [2.75, 3.05) is 12.3 Å². The van der Waals surface area contributed by atoms with Crippen molar-refractivity contribution in [2.45, 2.75) is 6.42 Å². The molecule has 10 heteroatoms. The zero-order chi connectivity index (χ0) is 13.8. The highest BCUT2D eigenvalue weighted by Crippen LogP contribution is 1.87. The van der Waals surface area contributed by atoms with Gasteiger partial charge in [-0.2, -0.15) is 0 Å². The van der Waals surface area contributed by atoms with Gasteiger partial charge in [0.05, 0.1) is 5.75 Å². The molecule has 0 saturated carbocycles. The lowest BCUT2D eigenvalue weighted by molar-refractivity contribution is 0.0951. The predicted molar refractivity (Wildman–Crippen MR) is 62.6 cm³/mol. The normalized spacial score (nSPS) is 11.2. The molecule has 0 spiro atoms. The summed E-state index contributed by atoms with van der Waals surface area (Å²) in [6.45, 7) is 0.0494. The van der Waals surface area contributed by atoms with Crippen LogP contribution in [0, 0.1) is 0 Å². The second kappa shape index (κ2) is 5.60. The van der Waals surface area contributed by atoms with Gasteiger partial charge in [0.1, 0.15) is 5.56 Å². The van der Waals surface area contributed by atoms with E-state index in [1.165, 1.54) is 0 Å². The van der Waals surface area contributed by atoms with Gasteiger partial charge in [0.25, 0.3) is 11.5 Å². The Balaban J connectivity index is 2.56. The Morgan fingerprint density at radius 3 is 2.61 bits per heavy atom. The van der Waals surface area contributed by atoms with E-state index in [0.29, 0.717) is 0 Å². The molecule has 0 unspecified atom stereocenters. The Labute approximate surface area is 101 Å². The average molecular weight is 276 g/mol. The van der Waals surface area contributed by atoms with Gasteiger partial charge >= 0.3 is 5.69 Å². The van der Waals surface area contributed by atoms with Gasteiger partial charge in [-0.05, 0) is 6.42 Å². The molecule has 5 N–H and O–H groups in total. The van der Waals surface area contributed by atoms with Gasteiger partial charge in [-0.25, -0.2) is 18.4 Å². The maximum Gasteiger partial charge on any atom is 0.325 e. The van der Waals surface area contributed by atoms with Crippen LogP contribution in [0.3, 0.4) is 0 Å². The minimum Gasteiger partial charge on any atom is -0.352 e. The van der Waals surface area contributed by atoms with Crippen LogP contribution >= 0.6 is 0 Å². The molecular formula is C8H12N4O5S. The summed E-state index contributed by atoms with van der Waals surface area (Å²) in [5.74, 6) is -0.975.